The van der Waals surface area contributed by atoms with Gasteiger partial charge < -0.3 is 14.8 Å². The lowest BCUT2D eigenvalue weighted by Gasteiger charge is -2.19. The molecule has 0 saturated carbocycles. The summed E-state index contributed by atoms with van der Waals surface area (Å²) in [4.78, 5) is 24.0. The fourth-order valence-corrected chi connectivity index (χ4v) is 2.46. The van der Waals surface area contributed by atoms with Gasteiger partial charge in [0, 0.05) is 5.56 Å². The van der Waals surface area contributed by atoms with Gasteiger partial charge in [-0.15, -0.1) is 0 Å². The number of ether oxygens (including phenoxy) is 2. The van der Waals surface area contributed by atoms with Crippen molar-refractivity contribution in [3.05, 3.63) is 65.5 Å². The third-order valence-electron chi connectivity index (χ3n) is 3.75. The number of para-hydroxylation sites is 1. The van der Waals surface area contributed by atoms with Crippen LogP contribution in [0.15, 0.2) is 48.5 Å². The molecule has 1 N–H and O–H groups in total. The third kappa shape index (κ3) is 5.31. The van der Waals surface area contributed by atoms with E-state index in [1.54, 1.807) is 12.1 Å². The molecule has 0 unspecified atom stereocenters. The van der Waals surface area contributed by atoms with Crippen molar-refractivity contribution in [2.45, 2.75) is 18.9 Å². The molecule has 1 atom stereocenters. The monoisotopic (exact) mass is 345 g/mol. The normalized spacial score (nSPS) is 11.5. The van der Waals surface area contributed by atoms with Crippen molar-refractivity contribution in [2.75, 3.05) is 14.2 Å². The minimum atomic E-state index is -0.602. The van der Waals surface area contributed by atoms with Gasteiger partial charge in [0.25, 0.3) is 0 Å². The standard InChI is InChI=1S/C19H20FNO4/c1-24-17-6-4-3-5-14(17)11-18(22)21-16(12-19(23)25-2)13-7-9-15(20)10-8-13/h3-10,16H,11-12H2,1-2H3,(H,21,22)/t16-/m1/s1. The van der Waals surface area contributed by atoms with Crippen LogP contribution in [0.3, 0.4) is 0 Å². The van der Waals surface area contributed by atoms with Crippen molar-refractivity contribution in [1.29, 1.82) is 0 Å². The van der Waals surface area contributed by atoms with Gasteiger partial charge in [-0.2, -0.15) is 0 Å². The molecule has 0 fully saturated rings. The van der Waals surface area contributed by atoms with Gasteiger partial charge in [0.2, 0.25) is 5.91 Å². The molecule has 0 bridgehead atoms. The Hall–Kier alpha value is -2.89. The second kappa shape index (κ2) is 8.82. The number of hydrogen-bond acceptors (Lipinski definition) is 4. The van der Waals surface area contributed by atoms with E-state index in [0.29, 0.717) is 11.3 Å². The molecule has 132 valence electrons. The van der Waals surface area contributed by atoms with E-state index in [0.717, 1.165) is 5.56 Å². The first-order chi connectivity index (χ1) is 12.0. The van der Waals surface area contributed by atoms with Gasteiger partial charge in [0.15, 0.2) is 0 Å². The Kier molecular flexibility index (Phi) is 6.51. The number of hydrogen-bond donors (Lipinski definition) is 1. The van der Waals surface area contributed by atoms with Crippen LogP contribution in [-0.4, -0.2) is 26.1 Å². The molecule has 25 heavy (non-hydrogen) atoms. The summed E-state index contributed by atoms with van der Waals surface area (Å²) in [7, 11) is 2.82. The summed E-state index contributed by atoms with van der Waals surface area (Å²) in [5.41, 5.74) is 1.36. The molecule has 0 aliphatic rings. The molecule has 1 amide bonds. The largest absolute Gasteiger partial charge is 0.496 e. The average Bonchev–Trinajstić information content (AvgIpc) is 2.62. The Morgan fingerprint density at radius 1 is 1.08 bits per heavy atom. The number of methoxy groups -OCH3 is 2. The summed E-state index contributed by atoms with van der Waals surface area (Å²) < 4.78 is 23.0. The maximum atomic E-state index is 13.1. The van der Waals surface area contributed by atoms with Crippen LogP contribution in [0.5, 0.6) is 5.75 Å². The minimum absolute atomic E-state index is 0.0419. The van der Waals surface area contributed by atoms with Gasteiger partial charge >= 0.3 is 5.97 Å². The molecule has 0 spiro atoms. The first kappa shape index (κ1) is 18.4. The molecule has 0 aliphatic carbocycles. The summed E-state index contributed by atoms with van der Waals surface area (Å²) in [5.74, 6) is -0.514. The maximum absolute atomic E-state index is 13.1. The van der Waals surface area contributed by atoms with Crippen molar-refractivity contribution in [1.82, 2.24) is 5.32 Å². The lowest BCUT2D eigenvalue weighted by Crippen LogP contribution is -2.31. The Morgan fingerprint density at radius 3 is 2.40 bits per heavy atom. The SMILES string of the molecule is COC(=O)C[C@@H](NC(=O)Cc1ccccc1OC)c1ccc(F)cc1. The molecular weight excluding hydrogens is 325 g/mol. The van der Waals surface area contributed by atoms with Gasteiger partial charge in [0.1, 0.15) is 11.6 Å². The molecule has 0 saturated heterocycles. The van der Waals surface area contributed by atoms with Crippen LogP contribution in [0.2, 0.25) is 0 Å². The van der Waals surface area contributed by atoms with E-state index in [1.165, 1.54) is 38.5 Å². The van der Waals surface area contributed by atoms with Gasteiger partial charge in [-0.3, -0.25) is 9.59 Å². The lowest BCUT2D eigenvalue weighted by molar-refractivity contribution is -0.141. The number of amides is 1. The lowest BCUT2D eigenvalue weighted by atomic mass is 10.0. The fraction of sp³-hybridized carbons (Fsp3) is 0.263. The average molecular weight is 345 g/mol. The topological polar surface area (TPSA) is 64.6 Å². The van der Waals surface area contributed by atoms with E-state index < -0.39 is 12.0 Å². The zero-order valence-corrected chi connectivity index (χ0v) is 14.1. The van der Waals surface area contributed by atoms with E-state index in [-0.39, 0.29) is 24.6 Å². The van der Waals surface area contributed by atoms with Gasteiger partial charge in [-0.05, 0) is 23.8 Å². The predicted molar refractivity (Wildman–Crippen MR) is 90.6 cm³/mol. The van der Waals surface area contributed by atoms with Crippen LogP contribution in [0.4, 0.5) is 4.39 Å². The Labute approximate surface area is 145 Å². The first-order valence-electron chi connectivity index (χ1n) is 7.77. The van der Waals surface area contributed by atoms with Crippen LogP contribution in [0, 0.1) is 5.82 Å². The molecular formula is C19H20FNO4. The van der Waals surface area contributed by atoms with Crippen molar-refractivity contribution < 1.29 is 23.5 Å². The first-order valence-corrected chi connectivity index (χ1v) is 7.77. The second-order valence-electron chi connectivity index (χ2n) is 5.44. The number of rotatable bonds is 7. The third-order valence-corrected chi connectivity index (χ3v) is 3.75. The smallest absolute Gasteiger partial charge is 0.307 e. The predicted octanol–water partition coefficient (Wildman–Crippen LogP) is 2.80. The number of nitrogens with one attached hydrogen (secondary N) is 1. The van der Waals surface area contributed by atoms with Gasteiger partial charge in [0.05, 0.1) is 33.1 Å². The zero-order chi connectivity index (χ0) is 18.2. The van der Waals surface area contributed by atoms with Gasteiger partial charge in [-0.25, -0.2) is 4.39 Å². The highest BCUT2D eigenvalue weighted by molar-refractivity contribution is 5.80. The van der Waals surface area contributed by atoms with Crippen LogP contribution < -0.4 is 10.1 Å². The molecule has 0 radical (unpaired) electrons. The van der Waals surface area contributed by atoms with E-state index in [1.807, 2.05) is 12.1 Å². The van der Waals surface area contributed by atoms with Crippen molar-refractivity contribution in [3.63, 3.8) is 0 Å². The van der Waals surface area contributed by atoms with Crippen LogP contribution in [-0.2, 0) is 20.7 Å². The Balaban J connectivity index is 2.13. The Morgan fingerprint density at radius 2 is 1.76 bits per heavy atom. The number of halogens is 1. The van der Waals surface area contributed by atoms with Crippen molar-refractivity contribution in [2.24, 2.45) is 0 Å². The van der Waals surface area contributed by atoms with E-state index >= 15 is 0 Å². The molecule has 0 aliphatic heterocycles. The summed E-state index contributed by atoms with van der Waals surface area (Å²) >= 11 is 0. The minimum Gasteiger partial charge on any atom is -0.496 e. The van der Waals surface area contributed by atoms with E-state index in [2.05, 4.69) is 10.1 Å². The molecule has 2 aromatic rings. The zero-order valence-electron chi connectivity index (χ0n) is 14.1. The number of carbonyl (C=O) groups is 2. The van der Waals surface area contributed by atoms with Crippen LogP contribution in [0.1, 0.15) is 23.6 Å². The maximum Gasteiger partial charge on any atom is 0.307 e. The highest BCUT2D eigenvalue weighted by Crippen LogP contribution is 2.21. The number of esters is 1. The molecule has 5 nitrogen and oxygen atoms in total. The van der Waals surface area contributed by atoms with Gasteiger partial charge in [-0.1, -0.05) is 30.3 Å². The van der Waals surface area contributed by atoms with Crippen molar-refractivity contribution in [3.8, 4) is 5.75 Å². The quantitative estimate of drug-likeness (QED) is 0.784. The van der Waals surface area contributed by atoms with Crippen LogP contribution in [0.25, 0.3) is 0 Å². The Bertz CT molecular complexity index is 730. The fourth-order valence-electron chi connectivity index (χ4n) is 2.46. The summed E-state index contributed by atoms with van der Waals surface area (Å²) in [6, 6.07) is 12.2. The highest BCUT2D eigenvalue weighted by atomic mass is 19.1. The molecule has 0 heterocycles. The summed E-state index contributed by atoms with van der Waals surface area (Å²) in [5, 5.41) is 2.80. The van der Waals surface area contributed by atoms with Crippen molar-refractivity contribution >= 4 is 11.9 Å². The number of benzene rings is 2. The second-order valence-corrected chi connectivity index (χ2v) is 5.44. The molecule has 2 aromatic carbocycles. The summed E-state index contributed by atoms with van der Waals surface area (Å²) in [6.45, 7) is 0. The number of carbonyl (C=O) groups excluding carboxylic acids is 2. The molecule has 0 aromatic heterocycles. The van der Waals surface area contributed by atoms with E-state index in [4.69, 9.17) is 4.74 Å². The summed E-state index contributed by atoms with van der Waals surface area (Å²) in [6.07, 6.45) is 0.0582. The molecule has 2 rings (SSSR count). The molecule has 6 heteroatoms. The van der Waals surface area contributed by atoms with Crippen LogP contribution >= 0.6 is 0 Å². The van der Waals surface area contributed by atoms with E-state index in [9.17, 15) is 14.0 Å². The highest BCUT2D eigenvalue weighted by Gasteiger charge is 2.20.